The predicted molar refractivity (Wildman–Crippen MR) is 64.1 cm³/mol. The van der Waals surface area contributed by atoms with Gasteiger partial charge >= 0.3 is 0 Å². The fourth-order valence-corrected chi connectivity index (χ4v) is 0.697. The van der Waals surface area contributed by atoms with E-state index in [0.29, 0.717) is 5.41 Å². The molecule has 0 saturated carbocycles. The van der Waals surface area contributed by atoms with Crippen molar-refractivity contribution in [1.82, 2.24) is 0 Å². The highest BCUT2D eigenvalue weighted by Crippen LogP contribution is 2.16. The SMILES string of the molecule is CCC(C)(C)C.CCCC(C)CC. The van der Waals surface area contributed by atoms with Crippen LogP contribution in [0.2, 0.25) is 0 Å². The molecular formula is C13H30. The first-order valence-electron chi connectivity index (χ1n) is 5.87. The van der Waals surface area contributed by atoms with E-state index in [1.54, 1.807) is 0 Å². The molecule has 0 amide bonds. The molecule has 0 bridgehead atoms. The van der Waals surface area contributed by atoms with E-state index in [2.05, 4.69) is 48.5 Å². The summed E-state index contributed by atoms with van der Waals surface area (Å²) in [4.78, 5) is 0. The minimum Gasteiger partial charge on any atom is -0.0654 e. The van der Waals surface area contributed by atoms with Crippen molar-refractivity contribution in [2.45, 2.75) is 74.1 Å². The lowest BCUT2D eigenvalue weighted by molar-refractivity contribution is 0.398. The van der Waals surface area contributed by atoms with Crippen LogP contribution in [0.25, 0.3) is 0 Å². The van der Waals surface area contributed by atoms with Gasteiger partial charge in [0.05, 0.1) is 0 Å². The lowest BCUT2D eigenvalue weighted by atomic mass is 9.94. The molecule has 0 rings (SSSR count). The van der Waals surface area contributed by atoms with E-state index in [-0.39, 0.29) is 0 Å². The van der Waals surface area contributed by atoms with Crippen LogP contribution in [0.4, 0.5) is 0 Å². The molecule has 0 aromatic heterocycles. The van der Waals surface area contributed by atoms with E-state index < -0.39 is 0 Å². The minimum absolute atomic E-state index is 0.542. The second kappa shape index (κ2) is 8.59. The van der Waals surface area contributed by atoms with Gasteiger partial charge in [0, 0.05) is 0 Å². The van der Waals surface area contributed by atoms with E-state index in [9.17, 15) is 0 Å². The number of hydrogen-bond acceptors (Lipinski definition) is 0. The Morgan fingerprint density at radius 2 is 1.38 bits per heavy atom. The molecule has 0 fully saturated rings. The Morgan fingerprint density at radius 3 is 1.46 bits per heavy atom. The van der Waals surface area contributed by atoms with Crippen molar-refractivity contribution in [2.24, 2.45) is 11.3 Å². The molecule has 82 valence electrons. The second-order valence-corrected chi connectivity index (χ2v) is 5.22. The van der Waals surface area contributed by atoms with Crippen molar-refractivity contribution >= 4 is 0 Å². The van der Waals surface area contributed by atoms with Crippen LogP contribution in [-0.2, 0) is 0 Å². The first-order valence-corrected chi connectivity index (χ1v) is 5.87. The monoisotopic (exact) mass is 186 g/mol. The predicted octanol–water partition coefficient (Wildman–Crippen LogP) is 5.28. The molecule has 0 N–H and O–H groups in total. The Hall–Kier alpha value is 0. The Labute approximate surface area is 86.1 Å². The number of hydrogen-bond donors (Lipinski definition) is 0. The van der Waals surface area contributed by atoms with E-state index in [4.69, 9.17) is 0 Å². The third kappa shape index (κ3) is 18.8. The van der Waals surface area contributed by atoms with Gasteiger partial charge in [0.2, 0.25) is 0 Å². The normalized spacial score (nSPS) is 13.2. The second-order valence-electron chi connectivity index (χ2n) is 5.22. The summed E-state index contributed by atoms with van der Waals surface area (Å²) in [5, 5.41) is 0. The van der Waals surface area contributed by atoms with Crippen LogP contribution in [-0.4, -0.2) is 0 Å². The zero-order valence-electron chi connectivity index (χ0n) is 10.9. The molecule has 0 spiro atoms. The first-order chi connectivity index (χ1) is 5.87. The van der Waals surface area contributed by atoms with E-state index in [0.717, 1.165) is 5.92 Å². The maximum absolute atomic E-state index is 2.31. The lowest BCUT2D eigenvalue weighted by Crippen LogP contribution is -2.00. The maximum atomic E-state index is 2.31. The Morgan fingerprint density at radius 1 is 1.00 bits per heavy atom. The van der Waals surface area contributed by atoms with Crippen LogP contribution in [0.1, 0.15) is 74.1 Å². The first kappa shape index (κ1) is 15.5. The third-order valence-electron chi connectivity index (χ3n) is 2.54. The molecule has 0 heteroatoms. The van der Waals surface area contributed by atoms with Crippen molar-refractivity contribution in [2.75, 3.05) is 0 Å². The fraction of sp³-hybridized carbons (Fsp3) is 1.00. The van der Waals surface area contributed by atoms with Gasteiger partial charge in [-0.05, 0) is 11.3 Å². The summed E-state index contributed by atoms with van der Waals surface area (Å²) < 4.78 is 0. The van der Waals surface area contributed by atoms with Gasteiger partial charge in [-0.1, -0.05) is 74.1 Å². The average Bonchev–Trinajstić information content (AvgIpc) is 2.05. The topological polar surface area (TPSA) is 0 Å². The summed E-state index contributed by atoms with van der Waals surface area (Å²) in [5.74, 6) is 0.949. The molecule has 13 heavy (non-hydrogen) atoms. The molecule has 1 atom stereocenters. The van der Waals surface area contributed by atoms with Crippen LogP contribution in [0.3, 0.4) is 0 Å². The van der Waals surface area contributed by atoms with Gasteiger partial charge in [-0.25, -0.2) is 0 Å². The maximum Gasteiger partial charge on any atom is -0.0385 e. The van der Waals surface area contributed by atoms with Gasteiger partial charge in [-0.3, -0.25) is 0 Å². The molecule has 0 heterocycles. The van der Waals surface area contributed by atoms with Gasteiger partial charge in [-0.15, -0.1) is 0 Å². The largest absolute Gasteiger partial charge is 0.0654 e. The quantitative estimate of drug-likeness (QED) is 0.563. The fourth-order valence-electron chi connectivity index (χ4n) is 0.697. The summed E-state index contributed by atoms with van der Waals surface area (Å²) in [5.41, 5.74) is 0.542. The molecule has 0 aliphatic rings. The van der Waals surface area contributed by atoms with Crippen LogP contribution >= 0.6 is 0 Å². The van der Waals surface area contributed by atoms with E-state index in [1.807, 2.05) is 0 Å². The summed E-state index contributed by atoms with van der Waals surface area (Å²) in [6.07, 6.45) is 5.35. The molecule has 0 aliphatic carbocycles. The molecule has 0 aromatic carbocycles. The summed E-state index contributed by atoms with van der Waals surface area (Å²) in [6.45, 7) is 15.7. The highest BCUT2D eigenvalue weighted by molar-refractivity contribution is 4.55. The highest BCUT2D eigenvalue weighted by atomic mass is 14.1. The Kier molecular flexibility index (Phi) is 10.2. The van der Waals surface area contributed by atoms with Gasteiger partial charge < -0.3 is 0 Å². The van der Waals surface area contributed by atoms with Crippen molar-refractivity contribution in [3.05, 3.63) is 0 Å². The average molecular weight is 186 g/mol. The van der Waals surface area contributed by atoms with E-state index >= 15 is 0 Å². The van der Waals surface area contributed by atoms with Gasteiger partial charge in [0.1, 0.15) is 0 Å². The smallest absolute Gasteiger partial charge is 0.0385 e. The van der Waals surface area contributed by atoms with Crippen molar-refractivity contribution in [3.8, 4) is 0 Å². The van der Waals surface area contributed by atoms with Crippen LogP contribution < -0.4 is 0 Å². The van der Waals surface area contributed by atoms with Crippen LogP contribution in [0.15, 0.2) is 0 Å². The zero-order chi connectivity index (χ0) is 10.9. The van der Waals surface area contributed by atoms with Crippen molar-refractivity contribution in [1.29, 1.82) is 0 Å². The van der Waals surface area contributed by atoms with Crippen molar-refractivity contribution < 1.29 is 0 Å². The molecular weight excluding hydrogens is 156 g/mol. The molecule has 0 radical (unpaired) electrons. The van der Waals surface area contributed by atoms with Gasteiger partial charge in [0.15, 0.2) is 0 Å². The lowest BCUT2D eigenvalue weighted by Gasteiger charge is -2.12. The third-order valence-corrected chi connectivity index (χ3v) is 2.54. The van der Waals surface area contributed by atoms with E-state index in [1.165, 1.54) is 25.7 Å². The molecule has 0 saturated heterocycles. The summed E-state index contributed by atoms with van der Waals surface area (Å²) in [7, 11) is 0. The standard InChI is InChI=1S/C7H16.C6H14/c1-4-6-7(3)5-2;1-5-6(2,3)4/h7H,4-6H2,1-3H3;5H2,1-4H3. The number of rotatable bonds is 3. The van der Waals surface area contributed by atoms with Crippen LogP contribution in [0.5, 0.6) is 0 Å². The van der Waals surface area contributed by atoms with Crippen molar-refractivity contribution in [3.63, 3.8) is 0 Å². The molecule has 0 nitrogen and oxygen atoms in total. The molecule has 1 unspecified atom stereocenters. The summed E-state index contributed by atoms with van der Waals surface area (Å²) in [6, 6.07) is 0. The van der Waals surface area contributed by atoms with Gasteiger partial charge in [-0.2, -0.15) is 0 Å². The molecule has 0 aliphatic heterocycles. The zero-order valence-corrected chi connectivity index (χ0v) is 10.9. The Bertz CT molecular complexity index is 86.7. The van der Waals surface area contributed by atoms with Crippen LogP contribution in [0, 0.1) is 11.3 Å². The molecule has 0 aromatic rings. The summed E-state index contributed by atoms with van der Waals surface area (Å²) >= 11 is 0. The minimum atomic E-state index is 0.542. The Balaban J connectivity index is 0. The highest BCUT2D eigenvalue weighted by Gasteiger charge is 2.03. The van der Waals surface area contributed by atoms with Gasteiger partial charge in [0.25, 0.3) is 0 Å².